The molecule has 36 heavy (non-hydrogen) atoms. The normalized spacial score (nSPS) is 16.8. The summed E-state index contributed by atoms with van der Waals surface area (Å²) >= 11 is 0. The minimum absolute atomic E-state index is 0.0656. The molecule has 12 heteroatoms. The summed E-state index contributed by atoms with van der Waals surface area (Å²) in [5.41, 5.74) is 0.0927. The maximum atomic E-state index is 13.4. The molecule has 1 atom stereocenters. The van der Waals surface area contributed by atoms with Crippen LogP contribution < -0.4 is 10.6 Å². The van der Waals surface area contributed by atoms with Crippen LogP contribution in [0.1, 0.15) is 23.6 Å². The van der Waals surface area contributed by atoms with Crippen molar-refractivity contribution in [3.05, 3.63) is 63.6 Å². The first kappa shape index (κ1) is 25.0. The SMILES string of the molecule is CCn1c(=O)n(C)c2ccc(N3CC(C(=O)O)C(=O)N(Cc4cccc(C(F)(F)F)c4C)C3=O)cc21. The van der Waals surface area contributed by atoms with Crippen LogP contribution in [-0.2, 0) is 35.9 Å². The van der Waals surface area contributed by atoms with Gasteiger partial charge in [0.2, 0.25) is 5.91 Å². The number of halogens is 3. The van der Waals surface area contributed by atoms with Crippen molar-refractivity contribution >= 4 is 34.6 Å². The fraction of sp³-hybridized carbons (Fsp3) is 0.333. The second-order valence-corrected chi connectivity index (χ2v) is 8.55. The van der Waals surface area contributed by atoms with Crippen molar-refractivity contribution in [2.24, 2.45) is 13.0 Å². The molecule has 0 aliphatic carbocycles. The highest BCUT2D eigenvalue weighted by Crippen LogP contribution is 2.34. The van der Waals surface area contributed by atoms with E-state index in [1.54, 1.807) is 26.1 Å². The Kier molecular flexibility index (Phi) is 6.15. The number of rotatable bonds is 5. The molecule has 1 N–H and O–H groups in total. The molecule has 1 aliphatic heterocycles. The molecule has 1 unspecified atom stereocenters. The van der Waals surface area contributed by atoms with Crippen molar-refractivity contribution in [1.29, 1.82) is 0 Å². The van der Waals surface area contributed by atoms with E-state index < -0.39 is 48.7 Å². The molecule has 190 valence electrons. The van der Waals surface area contributed by atoms with Gasteiger partial charge in [-0.15, -0.1) is 0 Å². The van der Waals surface area contributed by atoms with Gasteiger partial charge in [0.1, 0.15) is 0 Å². The van der Waals surface area contributed by atoms with E-state index >= 15 is 0 Å². The standard InChI is InChI=1S/C24H23F3N4O5/c1-4-29-19-10-15(8-9-18(19)28(3)22(29)35)30-12-16(21(33)34)20(32)31(23(30)36)11-14-6-5-7-17(13(14)2)24(25,26)27/h5-10,16H,4,11-12H2,1-3H3,(H,33,34). The van der Waals surface area contributed by atoms with E-state index in [0.29, 0.717) is 22.5 Å². The average molecular weight is 504 g/mol. The Balaban J connectivity index is 1.78. The summed E-state index contributed by atoms with van der Waals surface area (Å²) in [7, 11) is 1.60. The summed E-state index contributed by atoms with van der Waals surface area (Å²) in [5.74, 6) is -4.09. The number of anilines is 1. The molecule has 0 spiro atoms. The summed E-state index contributed by atoms with van der Waals surface area (Å²) in [4.78, 5) is 52.5. The number of hydrogen-bond donors (Lipinski definition) is 1. The topological polar surface area (TPSA) is 105 Å². The molecular weight excluding hydrogens is 481 g/mol. The van der Waals surface area contributed by atoms with Gasteiger partial charge in [-0.2, -0.15) is 13.2 Å². The molecule has 1 fully saturated rings. The molecule has 3 amide bonds. The van der Waals surface area contributed by atoms with Gasteiger partial charge in [0, 0.05) is 25.8 Å². The van der Waals surface area contributed by atoms with Crippen molar-refractivity contribution in [3.8, 4) is 0 Å². The first-order chi connectivity index (χ1) is 16.9. The van der Waals surface area contributed by atoms with E-state index in [1.165, 1.54) is 34.3 Å². The van der Waals surface area contributed by atoms with Gasteiger partial charge in [-0.1, -0.05) is 12.1 Å². The van der Waals surface area contributed by atoms with Gasteiger partial charge in [-0.05, 0) is 49.2 Å². The van der Waals surface area contributed by atoms with Crippen LogP contribution in [0.15, 0.2) is 41.2 Å². The number of aryl methyl sites for hydroxylation is 2. The Morgan fingerprint density at radius 1 is 1.11 bits per heavy atom. The smallest absolute Gasteiger partial charge is 0.416 e. The zero-order valence-corrected chi connectivity index (χ0v) is 19.7. The minimum Gasteiger partial charge on any atom is -0.481 e. The molecular formula is C24H23F3N4O5. The Labute approximate surface area is 202 Å². The van der Waals surface area contributed by atoms with E-state index in [0.717, 1.165) is 11.0 Å². The van der Waals surface area contributed by atoms with Crippen molar-refractivity contribution < 1.29 is 32.7 Å². The molecule has 1 aliphatic rings. The number of imidazole rings is 1. The third kappa shape index (κ3) is 4.01. The van der Waals surface area contributed by atoms with Gasteiger partial charge in [0.15, 0.2) is 5.92 Å². The molecule has 2 heterocycles. The van der Waals surface area contributed by atoms with Crippen molar-refractivity contribution in [2.75, 3.05) is 11.4 Å². The van der Waals surface area contributed by atoms with Gasteiger partial charge < -0.3 is 5.11 Å². The number of carbonyl (C=O) groups is 3. The Bertz CT molecular complexity index is 1460. The van der Waals surface area contributed by atoms with Crippen LogP contribution >= 0.6 is 0 Å². The second-order valence-electron chi connectivity index (χ2n) is 8.55. The summed E-state index contributed by atoms with van der Waals surface area (Å²) in [6.07, 6.45) is -4.63. The number of carboxylic acids is 1. The fourth-order valence-electron chi connectivity index (χ4n) is 4.52. The monoisotopic (exact) mass is 504 g/mol. The van der Waals surface area contributed by atoms with Crippen LogP contribution in [-0.4, -0.2) is 43.6 Å². The van der Waals surface area contributed by atoms with E-state index in [2.05, 4.69) is 0 Å². The molecule has 1 aromatic heterocycles. The van der Waals surface area contributed by atoms with Gasteiger partial charge in [-0.25, -0.2) is 9.59 Å². The third-order valence-corrected chi connectivity index (χ3v) is 6.53. The number of nitrogens with zero attached hydrogens (tertiary/aromatic N) is 4. The van der Waals surface area contributed by atoms with Crippen molar-refractivity contribution in [2.45, 2.75) is 33.1 Å². The maximum Gasteiger partial charge on any atom is 0.416 e. The van der Waals surface area contributed by atoms with Crippen LogP contribution in [0.25, 0.3) is 11.0 Å². The van der Waals surface area contributed by atoms with Crippen molar-refractivity contribution in [3.63, 3.8) is 0 Å². The van der Waals surface area contributed by atoms with E-state index in [1.807, 2.05) is 0 Å². The minimum atomic E-state index is -4.63. The number of carboxylic acid groups (broad SMARTS) is 1. The zero-order valence-electron chi connectivity index (χ0n) is 19.7. The second kappa shape index (κ2) is 8.85. The first-order valence-electron chi connectivity index (χ1n) is 11.1. The lowest BCUT2D eigenvalue weighted by Crippen LogP contribution is -2.58. The average Bonchev–Trinajstić information content (AvgIpc) is 3.05. The number of fused-ring (bicyclic) bond motifs is 1. The predicted octanol–water partition coefficient (Wildman–Crippen LogP) is 3.36. The highest BCUT2D eigenvalue weighted by atomic mass is 19.4. The maximum absolute atomic E-state index is 13.4. The highest BCUT2D eigenvalue weighted by Gasteiger charge is 2.44. The van der Waals surface area contributed by atoms with Gasteiger partial charge in [0.25, 0.3) is 0 Å². The lowest BCUT2D eigenvalue weighted by Gasteiger charge is -2.37. The van der Waals surface area contributed by atoms with Gasteiger partial charge in [-0.3, -0.25) is 28.5 Å². The third-order valence-electron chi connectivity index (χ3n) is 6.53. The largest absolute Gasteiger partial charge is 0.481 e. The van der Waals surface area contributed by atoms with Gasteiger partial charge in [0.05, 0.1) is 23.1 Å². The van der Waals surface area contributed by atoms with Crippen LogP contribution in [0.4, 0.5) is 23.7 Å². The summed E-state index contributed by atoms with van der Waals surface area (Å²) < 4.78 is 43.0. The Morgan fingerprint density at radius 2 is 1.81 bits per heavy atom. The summed E-state index contributed by atoms with van der Waals surface area (Å²) in [5, 5.41) is 9.66. The van der Waals surface area contributed by atoms with Gasteiger partial charge >= 0.3 is 23.9 Å². The quantitative estimate of drug-likeness (QED) is 0.537. The molecule has 0 bridgehead atoms. The number of alkyl halides is 3. The van der Waals surface area contributed by atoms with Crippen molar-refractivity contribution in [1.82, 2.24) is 14.0 Å². The lowest BCUT2D eigenvalue weighted by molar-refractivity contribution is -0.150. The Hall–Kier alpha value is -4.09. The van der Waals surface area contributed by atoms with Crippen LogP contribution in [0.3, 0.4) is 0 Å². The van der Waals surface area contributed by atoms with Crippen LogP contribution in [0.5, 0.6) is 0 Å². The highest BCUT2D eigenvalue weighted by molar-refractivity contribution is 6.12. The fourth-order valence-corrected chi connectivity index (χ4v) is 4.52. The molecule has 1 saturated heterocycles. The zero-order chi connectivity index (χ0) is 26.5. The number of benzene rings is 2. The molecule has 4 rings (SSSR count). The summed E-state index contributed by atoms with van der Waals surface area (Å²) in [6, 6.07) is 7.25. The predicted molar refractivity (Wildman–Crippen MR) is 123 cm³/mol. The lowest BCUT2D eigenvalue weighted by atomic mass is 9.99. The Morgan fingerprint density at radius 3 is 2.42 bits per heavy atom. The first-order valence-corrected chi connectivity index (χ1v) is 11.1. The number of imide groups is 1. The number of aromatic nitrogens is 2. The number of carbonyl (C=O) groups excluding carboxylic acids is 2. The van der Waals surface area contributed by atoms with E-state index in [9.17, 15) is 37.5 Å². The summed E-state index contributed by atoms with van der Waals surface area (Å²) in [6.45, 7) is 2.38. The van der Waals surface area contributed by atoms with E-state index in [4.69, 9.17) is 0 Å². The molecule has 2 aromatic carbocycles. The van der Waals surface area contributed by atoms with Crippen LogP contribution in [0.2, 0.25) is 0 Å². The number of aliphatic carboxylic acids is 1. The number of hydrogen-bond acceptors (Lipinski definition) is 4. The number of urea groups is 1. The molecule has 3 aromatic rings. The molecule has 9 nitrogen and oxygen atoms in total. The number of amides is 3. The molecule has 0 saturated carbocycles. The molecule has 0 radical (unpaired) electrons. The van der Waals surface area contributed by atoms with Crippen LogP contribution in [0, 0.1) is 12.8 Å². The van der Waals surface area contributed by atoms with E-state index in [-0.39, 0.29) is 22.5 Å².